The summed E-state index contributed by atoms with van der Waals surface area (Å²) in [5.41, 5.74) is 1.01. The Morgan fingerprint density at radius 3 is 2.59 bits per heavy atom. The SMILES string of the molecule is CC(C)(NCc1ccc(O)cc1)c1nccs1. The molecule has 0 aliphatic carbocycles. The van der Waals surface area contributed by atoms with Crippen molar-refractivity contribution in [2.24, 2.45) is 0 Å². The fourth-order valence-corrected chi connectivity index (χ4v) is 2.28. The maximum Gasteiger partial charge on any atom is 0.115 e. The Kier molecular flexibility index (Phi) is 3.45. The third kappa shape index (κ3) is 3.05. The van der Waals surface area contributed by atoms with Crippen LogP contribution in [0.15, 0.2) is 35.8 Å². The van der Waals surface area contributed by atoms with Gasteiger partial charge in [0.25, 0.3) is 0 Å². The van der Waals surface area contributed by atoms with Crippen LogP contribution in [0.2, 0.25) is 0 Å². The summed E-state index contributed by atoms with van der Waals surface area (Å²) in [6.07, 6.45) is 1.82. The van der Waals surface area contributed by atoms with Crippen molar-refractivity contribution >= 4 is 11.3 Å². The van der Waals surface area contributed by atoms with Crippen LogP contribution < -0.4 is 5.32 Å². The van der Waals surface area contributed by atoms with Gasteiger partial charge in [-0.25, -0.2) is 4.98 Å². The molecule has 1 heterocycles. The first-order valence-corrected chi connectivity index (χ1v) is 6.39. The molecule has 2 aromatic rings. The molecule has 0 atom stereocenters. The van der Waals surface area contributed by atoms with Crippen molar-refractivity contribution < 1.29 is 5.11 Å². The number of hydrogen-bond acceptors (Lipinski definition) is 4. The first-order chi connectivity index (χ1) is 8.08. The van der Waals surface area contributed by atoms with Gasteiger partial charge in [0, 0.05) is 18.1 Å². The van der Waals surface area contributed by atoms with Gasteiger partial charge in [-0.3, -0.25) is 0 Å². The molecule has 90 valence electrons. The zero-order valence-corrected chi connectivity index (χ0v) is 10.8. The van der Waals surface area contributed by atoms with Crippen LogP contribution in [0, 0.1) is 0 Å². The normalized spacial score (nSPS) is 11.6. The maximum atomic E-state index is 9.21. The second-order valence-electron chi connectivity index (χ2n) is 4.48. The van der Waals surface area contributed by atoms with E-state index in [-0.39, 0.29) is 5.54 Å². The van der Waals surface area contributed by atoms with Crippen LogP contribution >= 0.6 is 11.3 Å². The topological polar surface area (TPSA) is 45.1 Å². The van der Waals surface area contributed by atoms with E-state index in [1.54, 1.807) is 23.5 Å². The molecule has 3 nitrogen and oxygen atoms in total. The molecule has 1 aromatic heterocycles. The number of nitrogens with one attached hydrogen (secondary N) is 1. The van der Waals surface area contributed by atoms with Crippen molar-refractivity contribution in [3.8, 4) is 5.75 Å². The molecule has 0 spiro atoms. The Labute approximate surface area is 105 Å². The first kappa shape index (κ1) is 12.1. The third-order valence-corrected chi connectivity index (χ3v) is 3.73. The predicted molar refractivity (Wildman–Crippen MR) is 70.1 cm³/mol. The standard InChI is InChI=1S/C13H16N2OS/c1-13(2,12-14-7-8-17-12)15-9-10-3-5-11(16)6-4-10/h3-8,15-16H,9H2,1-2H3. The van der Waals surface area contributed by atoms with Crippen LogP contribution in [0.1, 0.15) is 24.4 Å². The monoisotopic (exact) mass is 248 g/mol. The van der Waals surface area contributed by atoms with E-state index in [9.17, 15) is 5.11 Å². The quantitative estimate of drug-likeness (QED) is 0.874. The second kappa shape index (κ2) is 4.85. The number of aromatic nitrogens is 1. The summed E-state index contributed by atoms with van der Waals surface area (Å²) in [4.78, 5) is 4.33. The highest BCUT2D eigenvalue weighted by atomic mass is 32.1. The Hall–Kier alpha value is -1.39. The molecule has 1 aromatic carbocycles. The number of hydrogen-bond donors (Lipinski definition) is 2. The van der Waals surface area contributed by atoms with Gasteiger partial charge in [-0.15, -0.1) is 11.3 Å². The highest BCUT2D eigenvalue weighted by Gasteiger charge is 2.22. The van der Waals surface area contributed by atoms with Crippen LogP contribution in [0.3, 0.4) is 0 Å². The summed E-state index contributed by atoms with van der Waals surface area (Å²) in [6, 6.07) is 7.24. The molecular formula is C13H16N2OS. The van der Waals surface area contributed by atoms with Crippen LogP contribution in [0.25, 0.3) is 0 Å². The number of aromatic hydroxyl groups is 1. The zero-order valence-electron chi connectivity index (χ0n) is 9.97. The Morgan fingerprint density at radius 2 is 2.00 bits per heavy atom. The summed E-state index contributed by atoms with van der Waals surface area (Å²) in [5.74, 6) is 0.299. The molecule has 2 rings (SSSR count). The third-order valence-electron chi connectivity index (χ3n) is 2.64. The van der Waals surface area contributed by atoms with Crippen molar-refractivity contribution in [2.45, 2.75) is 25.9 Å². The molecule has 4 heteroatoms. The number of phenolic OH excluding ortho intramolecular Hbond substituents is 1. The molecule has 0 aliphatic heterocycles. The predicted octanol–water partition coefficient (Wildman–Crippen LogP) is 2.87. The van der Waals surface area contributed by atoms with E-state index >= 15 is 0 Å². The van der Waals surface area contributed by atoms with E-state index < -0.39 is 0 Å². The molecule has 0 fully saturated rings. The fourth-order valence-electron chi connectivity index (χ4n) is 1.54. The summed E-state index contributed by atoms with van der Waals surface area (Å²) in [7, 11) is 0. The summed E-state index contributed by atoms with van der Waals surface area (Å²) in [5, 5.41) is 15.7. The van der Waals surface area contributed by atoms with Gasteiger partial charge in [-0.2, -0.15) is 0 Å². The van der Waals surface area contributed by atoms with Crippen LogP contribution in [-0.2, 0) is 12.1 Å². The van der Waals surface area contributed by atoms with Gasteiger partial charge in [0.05, 0.1) is 5.54 Å². The van der Waals surface area contributed by atoms with Gasteiger partial charge in [-0.05, 0) is 31.5 Å². The van der Waals surface area contributed by atoms with Gasteiger partial charge in [0.2, 0.25) is 0 Å². The largest absolute Gasteiger partial charge is 0.508 e. The number of thiazole rings is 1. The zero-order chi connectivity index (χ0) is 12.3. The molecule has 0 amide bonds. The minimum atomic E-state index is -0.133. The minimum absolute atomic E-state index is 0.133. The number of rotatable bonds is 4. The molecule has 0 bridgehead atoms. The molecule has 0 aliphatic rings. The molecule has 0 saturated heterocycles. The van der Waals surface area contributed by atoms with Gasteiger partial charge in [0.1, 0.15) is 10.8 Å². The highest BCUT2D eigenvalue weighted by molar-refractivity contribution is 7.09. The highest BCUT2D eigenvalue weighted by Crippen LogP contribution is 2.22. The lowest BCUT2D eigenvalue weighted by Crippen LogP contribution is -2.35. The van der Waals surface area contributed by atoms with Crippen LogP contribution in [0.4, 0.5) is 0 Å². The Morgan fingerprint density at radius 1 is 1.29 bits per heavy atom. The Bertz CT molecular complexity index is 463. The van der Waals surface area contributed by atoms with Crippen LogP contribution in [0.5, 0.6) is 5.75 Å². The summed E-state index contributed by atoms with van der Waals surface area (Å²) >= 11 is 1.65. The van der Waals surface area contributed by atoms with E-state index in [1.165, 1.54) is 0 Å². The molecule has 0 saturated carbocycles. The smallest absolute Gasteiger partial charge is 0.115 e. The molecule has 2 N–H and O–H groups in total. The number of nitrogens with zero attached hydrogens (tertiary/aromatic N) is 1. The summed E-state index contributed by atoms with van der Waals surface area (Å²) < 4.78 is 0. The van der Waals surface area contributed by atoms with Crippen molar-refractivity contribution in [1.82, 2.24) is 10.3 Å². The fraction of sp³-hybridized carbons (Fsp3) is 0.308. The van der Waals surface area contributed by atoms with Crippen molar-refractivity contribution in [3.05, 3.63) is 46.4 Å². The number of benzene rings is 1. The van der Waals surface area contributed by atoms with E-state index in [0.717, 1.165) is 17.1 Å². The van der Waals surface area contributed by atoms with E-state index in [1.807, 2.05) is 23.7 Å². The van der Waals surface area contributed by atoms with E-state index in [4.69, 9.17) is 0 Å². The first-order valence-electron chi connectivity index (χ1n) is 5.51. The lowest BCUT2D eigenvalue weighted by Gasteiger charge is -2.23. The average molecular weight is 248 g/mol. The molecule has 0 unspecified atom stereocenters. The van der Waals surface area contributed by atoms with Crippen molar-refractivity contribution in [2.75, 3.05) is 0 Å². The second-order valence-corrected chi connectivity index (χ2v) is 5.38. The lowest BCUT2D eigenvalue weighted by molar-refractivity contribution is 0.399. The average Bonchev–Trinajstić information content (AvgIpc) is 2.82. The van der Waals surface area contributed by atoms with Crippen molar-refractivity contribution in [3.63, 3.8) is 0 Å². The number of phenols is 1. The molecule has 0 radical (unpaired) electrons. The maximum absolute atomic E-state index is 9.21. The van der Waals surface area contributed by atoms with Crippen LogP contribution in [-0.4, -0.2) is 10.1 Å². The minimum Gasteiger partial charge on any atom is -0.508 e. The molecular weight excluding hydrogens is 232 g/mol. The molecule has 17 heavy (non-hydrogen) atoms. The summed E-state index contributed by atoms with van der Waals surface area (Å²) in [6.45, 7) is 4.99. The van der Waals surface area contributed by atoms with Gasteiger partial charge < -0.3 is 10.4 Å². The van der Waals surface area contributed by atoms with E-state index in [0.29, 0.717) is 5.75 Å². The lowest BCUT2D eigenvalue weighted by atomic mass is 10.1. The van der Waals surface area contributed by atoms with E-state index in [2.05, 4.69) is 24.1 Å². The van der Waals surface area contributed by atoms with Gasteiger partial charge in [0.15, 0.2) is 0 Å². The van der Waals surface area contributed by atoms with Gasteiger partial charge in [-0.1, -0.05) is 12.1 Å². The van der Waals surface area contributed by atoms with Crippen molar-refractivity contribution in [1.29, 1.82) is 0 Å². The van der Waals surface area contributed by atoms with Gasteiger partial charge >= 0.3 is 0 Å². The Balaban J connectivity index is 2.00.